The fourth-order valence-electron chi connectivity index (χ4n) is 0.952. The second kappa shape index (κ2) is 5.17. The van der Waals surface area contributed by atoms with Gasteiger partial charge in [0.05, 0.1) is 0 Å². The fraction of sp³-hybridized carbons (Fsp3) is 0.222. The zero-order valence-corrected chi connectivity index (χ0v) is 10.8. The van der Waals surface area contributed by atoms with Crippen LogP contribution in [0.5, 0.6) is 0 Å². The highest BCUT2D eigenvalue weighted by atomic mass is 79.9. The maximum Gasteiger partial charge on any atom is 0.164 e. The van der Waals surface area contributed by atoms with Crippen LogP contribution < -0.4 is 0 Å². The normalized spacial score (nSPS) is 10.1. The smallest absolute Gasteiger partial charge is 0.164 e. The van der Waals surface area contributed by atoms with Gasteiger partial charge in [0.1, 0.15) is 0 Å². The molecule has 0 fully saturated rings. The van der Waals surface area contributed by atoms with Crippen molar-refractivity contribution in [2.24, 2.45) is 0 Å². The standard InChI is InChI=1S/C9H8Br2OS/c10-4-3-8(12)7-5-6(11)1-2-9(7)13/h1-2,5,13H,3-4H2. The van der Waals surface area contributed by atoms with Crippen LogP contribution in [-0.2, 0) is 0 Å². The van der Waals surface area contributed by atoms with E-state index in [0.29, 0.717) is 17.3 Å². The van der Waals surface area contributed by atoms with E-state index in [-0.39, 0.29) is 5.78 Å². The van der Waals surface area contributed by atoms with E-state index in [1.807, 2.05) is 12.1 Å². The number of alkyl halides is 1. The first-order chi connectivity index (χ1) is 6.15. The van der Waals surface area contributed by atoms with Crippen molar-refractivity contribution in [3.63, 3.8) is 0 Å². The summed E-state index contributed by atoms with van der Waals surface area (Å²) < 4.78 is 0.906. The number of thiol groups is 1. The van der Waals surface area contributed by atoms with E-state index in [2.05, 4.69) is 44.5 Å². The van der Waals surface area contributed by atoms with Crippen molar-refractivity contribution in [3.05, 3.63) is 28.2 Å². The van der Waals surface area contributed by atoms with Gasteiger partial charge in [0.2, 0.25) is 0 Å². The molecule has 13 heavy (non-hydrogen) atoms. The van der Waals surface area contributed by atoms with Crippen molar-refractivity contribution < 1.29 is 4.79 Å². The molecule has 4 heteroatoms. The van der Waals surface area contributed by atoms with Crippen LogP contribution in [0.3, 0.4) is 0 Å². The highest BCUT2D eigenvalue weighted by Crippen LogP contribution is 2.21. The van der Waals surface area contributed by atoms with Crippen LogP contribution in [-0.4, -0.2) is 11.1 Å². The molecule has 1 aromatic carbocycles. The average molecular weight is 324 g/mol. The van der Waals surface area contributed by atoms with Gasteiger partial charge in [-0.25, -0.2) is 0 Å². The van der Waals surface area contributed by atoms with Crippen molar-refractivity contribution in [2.75, 3.05) is 5.33 Å². The molecule has 1 aromatic rings. The van der Waals surface area contributed by atoms with Crippen LogP contribution in [0.1, 0.15) is 16.8 Å². The summed E-state index contributed by atoms with van der Waals surface area (Å²) in [6.45, 7) is 0. The molecule has 0 atom stereocenters. The molecule has 0 saturated carbocycles. The number of ketones is 1. The summed E-state index contributed by atoms with van der Waals surface area (Å²) in [6.07, 6.45) is 0.504. The van der Waals surface area contributed by atoms with Crippen LogP contribution in [0.4, 0.5) is 0 Å². The number of rotatable bonds is 3. The Labute approximate surface area is 99.6 Å². The number of hydrogen-bond donors (Lipinski definition) is 1. The van der Waals surface area contributed by atoms with Gasteiger partial charge in [-0.05, 0) is 18.2 Å². The predicted octanol–water partition coefficient (Wildman–Crippen LogP) is 3.71. The molecule has 0 unspecified atom stereocenters. The molecule has 0 N–H and O–H groups in total. The van der Waals surface area contributed by atoms with Crippen LogP contribution in [0.25, 0.3) is 0 Å². The SMILES string of the molecule is O=C(CCBr)c1cc(Br)ccc1S. The zero-order chi connectivity index (χ0) is 9.84. The van der Waals surface area contributed by atoms with E-state index in [1.54, 1.807) is 6.07 Å². The summed E-state index contributed by atoms with van der Waals surface area (Å²) in [5.74, 6) is 0.114. The number of benzene rings is 1. The van der Waals surface area contributed by atoms with Gasteiger partial charge in [-0.1, -0.05) is 31.9 Å². The molecule has 0 heterocycles. The van der Waals surface area contributed by atoms with Crippen molar-refractivity contribution >= 4 is 50.3 Å². The Balaban J connectivity index is 2.99. The van der Waals surface area contributed by atoms with Crippen molar-refractivity contribution in [1.82, 2.24) is 0 Å². The summed E-state index contributed by atoms with van der Waals surface area (Å²) in [7, 11) is 0. The molecule has 0 aliphatic carbocycles. The minimum atomic E-state index is 0.114. The highest BCUT2D eigenvalue weighted by Gasteiger charge is 2.08. The van der Waals surface area contributed by atoms with E-state index in [4.69, 9.17) is 0 Å². The molecule has 0 aliphatic rings. The summed E-state index contributed by atoms with van der Waals surface area (Å²) in [4.78, 5) is 12.2. The molecule has 0 saturated heterocycles. The van der Waals surface area contributed by atoms with Crippen LogP contribution in [0.15, 0.2) is 27.6 Å². The van der Waals surface area contributed by atoms with E-state index in [9.17, 15) is 4.79 Å². The number of halogens is 2. The number of carbonyl (C=O) groups excluding carboxylic acids is 1. The molecule has 1 rings (SSSR count). The van der Waals surface area contributed by atoms with E-state index >= 15 is 0 Å². The quantitative estimate of drug-likeness (QED) is 0.510. The molecule has 0 amide bonds. The summed E-state index contributed by atoms with van der Waals surface area (Å²) in [6, 6.07) is 5.48. The minimum absolute atomic E-state index is 0.114. The van der Waals surface area contributed by atoms with Crippen molar-refractivity contribution in [3.8, 4) is 0 Å². The number of hydrogen-bond acceptors (Lipinski definition) is 2. The first-order valence-corrected chi connectivity index (χ1v) is 6.09. The van der Waals surface area contributed by atoms with Crippen molar-refractivity contribution in [2.45, 2.75) is 11.3 Å². The third-order valence-electron chi connectivity index (χ3n) is 1.58. The third-order valence-corrected chi connectivity index (χ3v) is 2.86. The third kappa shape index (κ3) is 3.11. The van der Waals surface area contributed by atoms with Gasteiger partial charge in [-0.15, -0.1) is 12.6 Å². The van der Waals surface area contributed by atoms with Crippen LogP contribution in [0, 0.1) is 0 Å². The lowest BCUT2D eigenvalue weighted by Gasteiger charge is -2.02. The Hall–Kier alpha value is 0.200. The average Bonchev–Trinajstić information content (AvgIpc) is 2.09. The van der Waals surface area contributed by atoms with Gasteiger partial charge < -0.3 is 0 Å². The lowest BCUT2D eigenvalue weighted by molar-refractivity contribution is 0.0987. The Morgan fingerprint density at radius 1 is 1.46 bits per heavy atom. The topological polar surface area (TPSA) is 17.1 Å². The van der Waals surface area contributed by atoms with E-state index in [1.165, 1.54) is 0 Å². The molecule has 0 aromatic heterocycles. The number of Topliss-reactive ketones (excluding diaryl/α,β-unsaturated/α-hetero) is 1. The first kappa shape index (κ1) is 11.3. The second-order valence-corrected chi connectivity index (χ2v) is 4.71. The van der Waals surface area contributed by atoms with Crippen LogP contribution >= 0.6 is 44.5 Å². The van der Waals surface area contributed by atoms with E-state index in [0.717, 1.165) is 9.37 Å². The summed E-state index contributed by atoms with van der Waals surface area (Å²) in [5, 5.41) is 0.686. The summed E-state index contributed by atoms with van der Waals surface area (Å²) in [5.41, 5.74) is 0.678. The molecular formula is C9H8Br2OS. The monoisotopic (exact) mass is 322 g/mol. The second-order valence-electron chi connectivity index (χ2n) is 2.52. The maximum atomic E-state index is 11.5. The zero-order valence-electron chi connectivity index (χ0n) is 6.76. The highest BCUT2D eigenvalue weighted by molar-refractivity contribution is 9.10. The Bertz CT molecular complexity index is 325. The molecule has 70 valence electrons. The Morgan fingerprint density at radius 2 is 2.15 bits per heavy atom. The lowest BCUT2D eigenvalue weighted by Crippen LogP contribution is -2.00. The van der Waals surface area contributed by atoms with Gasteiger partial charge in [0, 0.05) is 26.7 Å². The fourth-order valence-corrected chi connectivity index (χ4v) is 1.94. The molecular weight excluding hydrogens is 316 g/mol. The summed E-state index contributed by atoms with van der Waals surface area (Å²) >= 11 is 10.8. The molecule has 0 bridgehead atoms. The van der Waals surface area contributed by atoms with Gasteiger partial charge in [-0.2, -0.15) is 0 Å². The molecule has 0 aliphatic heterocycles. The number of carbonyl (C=O) groups is 1. The molecule has 0 spiro atoms. The Morgan fingerprint density at radius 3 is 2.77 bits per heavy atom. The first-order valence-electron chi connectivity index (χ1n) is 3.73. The van der Waals surface area contributed by atoms with Gasteiger partial charge >= 0.3 is 0 Å². The molecule has 0 radical (unpaired) electrons. The Kier molecular flexibility index (Phi) is 4.49. The van der Waals surface area contributed by atoms with Gasteiger partial charge in [-0.3, -0.25) is 4.79 Å². The minimum Gasteiger partial charge on any atom is -0.294 e. The van der Waals surface area contributed by atoms with Crippen LogP contribution in [0.2, 0.25) is 0 Å². The van der Waals surface area contributed by atoms with Gasteiger partial charge in [0.25, 0.3) is 0 Å². The maximum absolute atomic E-state index is 11.5. The largest absolute Gasteiger partial charge is 0.294 e. The predicted molar refractivity (Wildman–Crippen MR) is 64.1 cm³/mol. The van der Waals surface area contributed by atoms with Gasteiger partial charge in [0.15, 0.2) is 5.78 Å². The molecule has 1 nitrogen and oxygen atoms in total. The lowest BCUT2D eigenvalue weighted by atomic mass is 10.1. The van der Waals surface area contributed by atoms with Crippen molar-refractivity contribution in [1.29, 1.82) is 0 Å². The van der Waals surface area contributed by atoms with E-state index < -0.39 is 0 Å².